The minimum Gasteiger partial charge on any atom is -0.336 e. The van der Waals surface area contributed by atoms with Crippen molar-refractivity contribution in [2.75, 3.05) is 10.2 Å². The lowest BCUT2D eigenvalue weighted by atomic mass is 10.2. The van der Waals surface area contributed by atoms with E-state index in [0.717, 1.165) is 11.5 Å². The Labute approximate surface area is 160 Å². The van der Waals surface area contributed by atoms with Gasteiger partial charge in [0.2, 0.25) is 0 Å². The van der Waals surface area contributed by atoms with Crippen LogP contribution in [0.15, 0.2) is 79.0 Å². The van der Waals surface area contributed by atoms with Crippen molar-refractivity contribution in [2.45, 2.75) is 26.4 Å². The molecule has 0 saturated heterocycles. The molecule has 5 nitrogen and oxygen atoms in total. The number of rotatable bonds is 6. The summed E-state index contributed by atoms with van der Waals surface area (Å²) in [7, 11) is 0. The van der Waals surface area contributed by atoms with Gasteiger partial charge in [0.1, 0.15) is 5.82 Å². The monoisotopic (exact) mass is 360 g/mol. The van der Waals surface area contributed by atoms with Gasteiger partial charge in [0.05, 0.1) is 11.9 Å². The molecule has 5 heteroatoms. The van der Waals surface area contributed by atoms with Gasteiger partial charge < -0.3 is 15.5 Å². The van der Waals surface area contributed by atoms with Gasteiger partial charge in [-0.1, -0.05) is 48.5 Å². The lowest BCUT2D eigenvalue weighted by Gasteiger charge is -2.24. The summed E-state index contributed by atoms with van der Waals surface area (Å²) in [6.45, 7) is 4.54. The molecule has 0 aliphatic rings. The highest BCUT2D eigenvalue weighted by atomic mass is 16.2. The lowest BCUT2D eigenvalue weighted by molar-refractivity contribution is 0.250. The first-order valence-electron chi connectivity index (χ1n) is 9.02. The van der Waals surface area contributed by atoms with E-state index >= 15 is 0 Å². The second kappa shape index (κ2) is 8.85. The van der Waals surface area contributed by atoms with E-state index in [1.165, 1.54) is 5.56 Å². The number of aromatic nitrogens is 1. The normalized spacial score (nSPS) is 10.5. The molecule has 0 atom stereocenters. The van der Waals surface area contributed by atoms with Crippen LogP contribution in [0.5, 0.6) is 0 Å². The van der Waals surface area contributed by atoms with Gasteiger partial charge >= 0.3 is 6.03 Å². The molecule has 1 heterocycles. The zero-order chi connectivity index (χ0) is 19.1. The molecular weight excluding hydrogens is 336 g/mol. The molecule has 2 aromatic carbocycles. The maximum Gasteiger partial charge on any atom is 0.319 e. The highest BCUT2D eigenvalue weighted by Gasteiger charge is 2.12. The first kappa shape index (κ1) is 18.5. The van der Waals surface area contributed by atoms with Crippen molar-refractivity contribution in [3.05, 3.63) is 84.6 Å². The first-order chi connectivity index (χ1) is 13.1. The quantitative estimate of drug-likeness (QED) is 0.654. The summed E-state index contributed by atoms with van der Waals surface area (Å²) in [5.74, 6) is 0.819. The highest BCUT2D eigenvalue weighted by Crippen LogP contribution is 2.26. The summed E-state index contributed by atoms with van der Waals surface area (Å²) >= 11 is 0. The number of nitrogens with one attached hydrogen (secondary N) is 2. The predicted molar refractivity (Wildman–Crippen MR) is 110 cm³/mol. The second-order valence-corrected chi connectivity index (χ2v) is 6.57. The molecule has 1 aromatic heterocycles. The van der Waals surface area contributed by atoms with E-state index in [4.69, 9.17) is 0 Å². The average Bonchev–Trinajstić information content (AvgIpc) is 2.68. The molecule has 3 rings (SSSR count). The summed E-state index contributed by atoms with van der Waals surface area (Å²) in [5.41, 5.74) is 2.92. The molecule has 0 unspecified atom stereocenters. The smallest absolute Gasteiger partial charge is 0.319 e. The van der Waals surface area contributed by atoms with Crippen molar-refractivity contribution in [1.82, 2.24) is 10.3 Å². The Morgan fingerprint density at radius 3 is 2.22 bits per heavy atom. The first-order valence-corrected chi connectivity index (χ1v) is 9.02. The minimum atomic E-state index is -0.233. The zero-order valence-electron chi connectivity index (χ0n) is 15.6. The number of anilines is 3. The van der Waals surface area contributed by atoms with Gasteiger partial charge in [0.15, 0.2) is 0 Å². The molecule has 0 aliphatic heterocycles. The van der Waals surface area contributed by atoms with Crippen LogP contribution in [0, 0.1) is 0 Å². The molecule has 0 bridgehead atoms. The maximum absolute atomic E-state index is 11.8. The van der Waals surface area contributed by atoms with Crippen molar-refractivity contribution in [2.24, 2.45) is 0 Å². The third kappa shape index (κ3) is 5.31. The molecule has 0 radical (unpaired) electrons. The SMILES string of the molecule is CC(C)NC(=O)Nc1ccc(N(Cc2ccccc2)c2ccccc2)nc1. The van der Waals surface area contributed by atoms with Crippen molar-refractivity contribution in [3.8, 4) is 0 Å². The number of pyridine rings is 1. The van der Waals surface area contributed by atoms with E-state index in [0.29, 0.717) is 12.2 Å². The van der Waals surface area contributed by atoms with E-state index in [9.17, 15) is 4.79 Å². The van der Waals surface area contributed by atoms with Gasteiger partial charge in [-0.25, -0.2) is 9.78 Å². The molecule has 0 spiro atoms. The fraction of sp³-hybridized carbons (Fsp3) is 0.182. The van der Waals surface area contributed by atoms with Gasteiger partial charge in [0.25, 0.3) is 0 Å². The minimum absolute atomic E-state index is 0.0803. The van der Waals surface area contributed by atoms with E-state index < -0.39 is 0 Å². The molecule has 2 amide bonds. The number of hydrogen-bond acceptors (Lipinski definition) is 3. The van der Waals surface area contributed by atoms with E-state index in [-0.39, 0.29) is 12.1 Å². The summed E-state index contributed by atoms with van der Waals surface area (Å²) in [4.78, 5) is 18.6. The van der Waals surface area contributed by atoms with Crippen LogP contribution < -0.4 is 15.5 Å². The molecule has 2 N–H and O–H groups in total. The molecule has 138 valence electrons. The van der Waals surface area contributed by atoms with E-state index in [2.05, 4.69) is 44.8 Å². The van der Waals surface area contributed by atoms with E-state index in [1.807, 2.05) is 62.4 Å². The summed E-state index contributed by atoms with van der Waals surface area (Å²) in [6.07, 6.45) is 1.68. The average molecular weight is 360 g/mol. The number of nitrogens with zero attached hydrogens (tertiary/aromatic N) is 2. The molecular formula is C22H24N4O. The Morgan fingerprint density at radius 1 is 0.963 bits per heavy atom. The topological polar surface area (TPSA) is 57.3 Å². The van der Waals surface area contributed by atoms with Crippen LogP contribution >= 0.6 is 0 Å². The van der Waals surface area contributed by atoms with Gasteiger partial charge in [-0.3, -0.25) is 0 Å². The van der Waals surface area contributed by atoms with Crippen molar-refractivity contribution >= 4 is 23.2 Å². The standard InChI is InChI=1S/C22H24N4O/c1-17(2)24-22(27)25-19-13-14-21(23-15-19)26(20-11-7-4-8-12-20)16-18-9-5-3-6-10-18/h3-15,17H,16H2,1-2H3,(H2,24,25,27). The Bertz CT molecular complexity index is 849. The fourth-order valence-corrected chi connectivity index (χ4v) is 2.73. The molecule has 27 heavy (non-hydrogen) atoms. The summed E-state index contributed by atoms with van der Waals surface area (Å²) in [5, 5.41) is 5.60. The number of benzene rings is 2. The van der Waals surface area contributed by atoms with Crippen LogP contribution in [0.4, 0.5) is 22.0 Å². The van der Waals surface area contributed by atoms with Crippen LogP contribution in [0.1, 0.15) is 19.4 Å². The van der Waals surface area contributed by atoms with Crippen molar-refractivity contribution < 1.29 is 4.79 Å². The number of carbonyl (C=O) groups is 1. The van der Waals surface area contributed by atoms with Crippen LogP contribution in [-0.2, 0) is 6.54 Å². The third-order valence-electron chi connectivity index (χ3n) is 3.95. The van der Waals surface area contributed by atoms with Crippen LogP contribution in [0.3, 0.4) is 0 Å². The lowest BCUT2D eigenvalue weighted by Crippen LogP contribution is -2.34. The Morgan fingerprint density at radius 2 is 1.63 bits per heavy atom. The van der Waals surface area contributed by atoms with Gasteiger partial charge in [-0.05, 0) is 43.7 Å². The maximum atomic E-state index is 11.8. The van der Waals surface area contributed by atoms with Crippen LogP contribution in [-0.4, -0.2) is 17.1 Å². The molecule has 0 saturated carbocycles. The number of para-hydroxylation sites is 1. The van der Waals surface area contributed by atoms with Crippen LogP contribution in [0.2, 0.25) is 0 Å². The highest BCUT2D eigenvalue weighted by molar-refractivity contribution is 5.89. The third-order valence-corrected chi connectivity index (χ3v) is 3.95. The van der Waals surface area contributed by atoms with Crippen molar-refractivity contribution in [3.63, 3.8) is 0 Å². The number of urea groups is 1. The van der Waals surface area contributed by atoms with Gasteiger partial charge in [-0.15, -0.1) is 0 Å². The summed E-state index contributed by atoms with van der Waals surface area (Å²) < 4.78 is 0. The van der Waals surface area contributed by atoms with Crippen LogP contribution in [0.25, 0.3) is 0 Å². The molecule has 3 aromatic rings. The second-order valence-electron chi connectivity index (χ2n) is 6.57. The molecule has 0 fully saturated rings. The largest absolute Gasteiger partial charge is 0.336 e. The van der Waals surface area contributed by atoms with Gasteiger partial charge in [0, 0.05) is 18.3 Å². The Kier molecular flexibility index (Phi) is 6.05. The van der Waals surface area contributed by atoms with Gasteiger partial charge in [-0.2, -0.15) is 0 Å². The Hall–Kier alpha value is -3.34. The molecule has 0 aliphatic carbocycles. The summed E-state index contributed by atoms with van der Waals surface area (Å²) in [6, 6.07) is 24.1. The zero-order valence-corrected chi connectivity index (χ0v) is 15.6. The fourth-order valence-electron chi connectivity index (χ4n) is 2.73. The predicted octanol–water partition coefficient (Wildman–Crippen LogP) is 4.95. The number of amides is 2. The number of carbonyl (C=O) groups excluding carboxylic acids is 1. The number of hydrogen-bond donors (Lipinski definition) is 2. The van der Waals surface area contributed by atoms with Crippen molar-refractivity contribution in [1.29, 1.82) is 0 Å². The van der Waals surface area contributed by atoms with E-state index in [1.54, 1.807) is 6.20 Å². The Balaban J connectivity index is 1.81.